The Balaban J connectivity index is 1.60. The fraction of sp³-hybridized carbons (Fsp3) is 0.611. The van der Waals surface area contributed by atoms with Crippen molar-refractivity contribution in [1.82, 2.24) is 4.90 Å². The molecule has 1 atom stereocenters. The minimum Gasteiger partial charge on any atom is -0.380 e. The molecule has 1 N–H and O–H groups in total. The van der Waals surface area contributed by atoms with Crippen molar-refractivity contribution in [2.75, 3.05) is 25.5 Å². The van der Waals surface area contributed by atoms with E-state index in [2.05, 4.69) is 17.4 Å². The van der Waals surface area contributed by atoms with Crippen LogP contribution in [0.1, 0.15) is 38.5 Å². The number of rotatable bonds is 4. The fourth-order valence-electron chi connectivity index (χ4n) is 3.75. The van der Waals surface area contributed by atoms with Gasteiger partial charge in [0.25, 0.3) is 5.91 Å². The summed E-state index contributed by atoms with van der Waals surface area (Å²) in [6, 6.07) is 10.6. The molecule has 1 aliphatic carbocycles. The summed E-state index contributed by atoms with van der Waals surface area (Å²) < 4.78 is 5.69. The van der Waals surface area contributed by atoms with Gasteiger partial charge >= 0.3 is 0 Å². The van der Waals surface area contributed by atoms with Gasteiger partial charge in [-0.2, -0.15) is 0 Å². The van der Waals surface area contributed by atoms with E-state index in [0.717, 1.165) is 50.9 Å². The third kappa shape index (κ3) is 3.12. The lowest BCUT2D eigenvalue weighted by molar-refractivity contribution is -0.158. The number of nitrogens with zero attached hydrogens (tertiary/aromatic N) is 1. The molecule has 1 saturated heterocycles. The Labute approximate surface area is 132 Å². The van der Waals surface area contributed by atoms with Crippen LogP contribution in [0.15, 0.2) is 30.3 Å². The highest BCUT2D eigenvalue weighted by molar-refractivity contribution is 5.85. The number of para-hydroxylation sites is 1. The zero-order valence-electron chi connectivity index (χ0n) is 13.4. The number of likely N-dealkylation sites (tertiary alicyclic amines) is 1. The number of anilines is 1. The average molecular weight is 302 g/mol. The minimum atomic E-state index is -0.556. The van der Waals surface area contributed by atoms with Crippen molar-refractivity contribution in [3.05, 3.63) is 30.3 Å². The maximum Gasteiger partial charge on any atom is 0.254 e. The number of amides is 1. The fourth-order valence-corrected chi connectivity index (χ4v) is 3.75. The molecule has 22 heavy (non-hydrogen) atoms. The van der Waals surface area contributed by atoms with Crippen molar-refractivity contribution in [3.63, 3.8) is 0 Å². The topological polar surface area (TPSA) is 41.6 Å². The largest absolute Gasteiger partial charge is 0.380 e. The van der Waals surface area contributed by atoms with Gasteiger partial charge in [0, 0.05) is 31.9 Å². The van der Waals surface area contributed by atoms with Gasteiger partial charge < -0.3 is 15.0 Å². The molecule has 1 amide bonds. The molecular formula is C18H26N2O2. The quantitative estimate of drug-likeness (QED) is 0.929. The van der Waals surface area contributed by atoms with E-state index >= 15 is 0 Å². The number of hydrogen-bond donors (Lipinski definition) is 1. The summed E-state index contributed by atoms with van der Waals surface area (Å²) in [4.78, 5) is 14.9. The first-order valence-electron chi connectivity index (χ1n) is 8.40. The number of ether oxygens (including phenoxy) is 1. The second-order valence-corrected chi connectivity index (χ2v) is 6.51. The van der Waals surface area contributed by atoms with Crippen LogP contribution in [0.2, 0.25) is 0 Å². The van der Waals surface area contributed by atoms with Gasteiger partial charge in [0.05, 0.1) is 0 Å². The van der Waals surface area contributed by atoms with Crippen molar-refractivity contribution in [2.45, 2.75) is 50.2 Å². The highest BCUT2D eigenvalue weighted by Crippen LogP contribution is 2.34. The van der Waals surface area contributed by atoms with E-state index in [-0.39, 0.29) is 5.91 Å². The normalized spacial score (nSPS) is 24.2. The van der Waals surface area contributed by atoms with Crippen LogP contribution in [0.5, 0.6) is 0 Å². The standard InChI is InChI=1S/C18H26N2O2/c1-22-18(11-6-3-7-12-18)17(21)20-13-10-16(14-20)19-15-8-4-2-5-9-15/h2,4-5,8-9,16,19H,3,6-7,10-14H2,1H3. The number of benzene rings is 1. The zero-order valence-corrected chi connectivity index (χ0v) is 13.4. The smallest absolute Gasteiger partial charge is 0.254 e. The number of hydrogen-bond acceptors (Lipinski definition) is 3. The van der Waals surface area contributed by atoms with Crippen molar-refractivity contribution < 1.29 is 9.53 Å². The summed E-state index contributed by atoms with van der Waals surface area (Å²) in [5.41, 5.74) is 0.570. The summed E-state index contributed by atoms with van der Waals surface area (Å²) in [5, 5.41) is 3.52. The molecular weight excluding hydrogens is 276 g/mol. The second kappa shape index (κ2) is 6.69. The molecule has 1 aromatic rings. The number of methoxy groups -OCH3 is 1. The summed E-state index contributed by atoms with van der Waals surface area (Å²) in [6.45, 7) is 1.60. The Hall–Kier alpha value is -1.55. The molecule has 2 fully saturated rings. The predicted molar refractivity (Wildman–Crippen MR) is 87.9 cm³/mol. The molecule has 1 unspecified atom stereocenters. The number of carbonyl (C=O) groups excluding carboxylic acids is 1. The van der Waals surface area contributed by atoms with Crippen molar-refractivity contribution >= 4 is 11.6 Å². The first-order valence-corrected chi connectivity index (χ1v) is 8.40. The molecule has 0 bridgehead atoms. The van der Waals surface area contributed by atoms with E-state index in [1.807, 2.05) is 23.1 Å². The maximum absolute atomic E-state index is 12.9. The van der Waals surface area contributed by atoms with Crippen LogP contribution < -0.4 is 5.32 Å². The predicted octanol–water partition coefficient (Wildman–Crippen LogP) is 3.05. The summed E-state index contributed by atoms with van der Waals surface area (Å²) in [5.74, 6) is 0.201. The lowest BCUT2D eigenvalue weighted by atomic mass is 9.83. The minimum absolute atomic E-state index is 0.201. The first-order chi connectivity index (χ1) is 10.7. The van der Waals surface area contributed by atoms with Crippen molar-refractivity contribution in [1.29, 1.82) is 0 Å². The van der Waals surface area contributed by atoms with Gasteiger partial charge in [-0.15, -0.1) is 0 Å². The van der Waals surface area contributed by atoms with E-state index in [1.165, 1.54) is 6.42 Å². The Bertz CT molecular complexity index is 497. The molecule has 1 aromatic carbocycles. The molecule has 120 valence electrons. The summed E-state index contributed by atoms with van der Waals surface area (Å²) >= 11 is 0. The van der Waals surface area contributed by atoms with Crippen LogP contribution >= 0.6 is 0 Å². The zero-order chi connectivity index (χ0) is 15.4. The second-order valence-electron chi connectivity index (χ2n) is 6.51. The van der Waals surface area contributed by atoms with Crippen LogP contribution in [0.4, 0.5) is 5.69 Å². The van der Waals surface area contributed by atoms with Gasteiger partial charge in [-0.25, -0.2) is 0 Å². The molecule has 1 saturated carbocycles. The van der Waals surface area contributed by atoms with Gasteiger partial charge in [-0.1, -0.05) is 37.5 Å². The van der Waals surface area contributed by atoms with Crippen molar-refractivity contribution in [2.24, 2.45) is 0 Å². The van der Waals surface area contributed by atoms with Crippen LogP contribution in [0, 0.1) is 0 Å². The van der Waals surface area contributed by atoms with Gasteiger partial charge in [0.2, 0.25) is 0 Å². The van der Waals surface area contributed by atoms with Gasteiger partial charge in [-0.3, -0.25) is 4.79 Å². The summed E-state index contributed by atoms with van der Waals surface area (Å²) in [7, 11) is 1.69. The Kier molecular flexibility index (Phi) is 4.67. The SMILES string of the molecule is COC1(C(=O)N2CCC(Nc3ccccc3)C2)CCCCC1. The number of nitrogens with one attached hydrogen (secondary N) is 1. The van der Waals surface area contributed by atoms with Crippen LogP contribution in [0.25, 0.3) is 0 Å². The monoisotopic (exact) mass is 302 g/mol. The van der Waals surface area contributed by atoms with Crippen LogP contribution in [-0.4, -0.2) is 42.6 Å². The molecule has 4 heteroatoms. The van der Waals surface area contributed by atoms with Gasteiger partial charge in [0.15, 0.2) is 0 Å². The van der Waals surface area contributed by atoms with Crippen molar-refractivity contribution in [3.8, 4) is 0 Å². The maximum atomic E-state index is 12.9. The molecule has 1 heterocycles. The Morgan fingerprint density at radius 3 is 2.64 bits per heavy atom. The molecule has 0 radical (unpaired) electrons. The average Bonchev–Trinajstić information content (AvgIpc) is 3.04. The van der Waals surface area contributed by atoms with Crippen LogP contribution in [0.3, 0.4) is 0 Å². The molecule has 0 aromatic heterocycles. The lowest BCUT2D eigenvalue weighted by Gasteiger charge is -2.37. The molecule has 3 rings (SSSR count). The van der Waals surface area contributed by atoms with Gasteiger partial charge in [0.1, 0.15) is 5.60 Å². The summed E-state index contributed by atoms with van der Waals surface area (Å²) in [6.07, 6.45) is 6.15. The van der Waals surface area contributed by atoms with Crippen LogP contribution in [-0.2, 0) is 9.53 Å². The van der Waals surface area contributed by atoms with E-state index in [1.54, 1.807) is 7.11 Å². The highest BCUT2D eigenvalue weighted by atomic mass is 16.5. The Morgan fingerprint density at radius 2 is 1.95 bits per heavy atom. The van der Waals surface area contributed by atoms with E-state index in [0.29, 0.717) is 6.04 Å². The third-order valence-corrected chi connectivity index (χ3v) is 5.06. The van der Waals surface area contributed by atoms with E-state index < -0.39 is 5.60 Å². The number of carbonyl (C=O) groups is 1. The van der Waals surface area contributed by atoms with Gasteiger partial charge in [-0.05, 0) is 31.4 Å². The molecule has 1 aliphatic heterocycles. The molecule has 4 nitrogen and oxygen atoms in total. The molecule has 0 spiro atoms. The highest BCUT2D eigenvalue weighted by Gasteiger charge is 2.43. The van der Waals surface area contributed by atoms with E-state index in [9.17, 15) is 4.79 Å². The Morgan fingerprint density at radius 1 is 1.23 bits per heavy atom. The third-order valence-electron chi connectivity index (χ3n) is 5.06. The van der Waals surface area contributed by atoms with E-state index in [4.69, 9.17) is 4.74 Å². The first kappa shape index (κ1) is 15.3. The molecule has 2 aliphatic rings. The lowest BCUT2D eigenvalue weighted by Crippen LogP contribution is -2.51.